The molecule has 11 nitrogen and oxygen atoms in total. The van der Waals surface area contributed by atoms with E-state index in [4.69, 9.17) is 16.3 Å². The van der Waals surface area contributed by atoms with Gasteiger partial charge < -0.3 is 4.74 Å². The van der Waals surface area contributed by atoms with Crippen LogP contribution in [0.5, 0.6) is 5.88 Å². The molecule has 0 saturated heterocycles. The Balaban J connectivity index is 1.83. The summed E-state index contributed by atoms with van der Waals surface area (Å²) in [5.41, 5.74) is -1.35. The zero-order chi connectivity index (χ0) is 29.4. The number of rotatable bonds is 6. The smallest absolute Gasteiger partial charge is 0.332 e. The summed E-state index contributed by atoms with van der Waals surface area (Å²) in [6.45, 7) is -0.673. The number of ether oxygens (including phenoxy) is 1. The maximum absolute atomic E-state index is 14.3. The van der Waals surface area contributed by atoms with E-state index in [1.54, 1.807) is 13.1 Å². The van der Waals surface area contributed by atoms with Gasteiger partial charge in [-0.2, -0.15) is 15.6 Å². The van der Waals surface area contributed by atoms with Crippen LogP contribution in [-0.4, -0.2) is 36.0 Å². The van der Waals surface area contributed by atoms with E-state index in [1.807, 2.05) is 6.07 Å². The number of halogens is 3. The average Bonchev–Trinajstić information content (AvgIpc) is 3.39. The molecule has 0 unspecified atom stereocenters. The summed E-state index contributed by atoms with van der Waals surface area (Å²) < 4.78 is 37.2. The van der Waals surface area contributed by atoms with E-state index < -0.39 is 28.4 Å². The molecule has 0 saturated carbocycles. The second-order valence-corrected chi connectivity index (χ2v) is 9.27. The summed E-state index contributed by atoms with van der Waals surface area (Å²) in [5, 5.41) is 23.0. The molecule has 0 bridgehead atoms. The van der Waals surface area contributed by atoms with E-state index in [9.17, 15) is 28.9 Å². The molecule has 0 N–H and O–H groups in total. The van der Waals surface area contributed by atoms with Crippen molar-refractivity contribution in [2.75, 3.05) is 7.11 Å². The first-order chi connectivity index (χ1) is 19.6. The lowest BCUT2D eigenvalue weighted by molar-refractivity contribution is 0.401. The van der Waals surface area contributed by atoms with Gasteiger partial charge in [-0.1, -0.05) is 11.6 Å². The summed E-state index contributed by atoms with van der Waals surface area (Å²) in [4.78, 5) is 35.9. The molecule has 41 heavy (non-hydrogen) atoms. The number of pyridine rings is 1. The van der Waals surface area contributed by atoms with E-state index in [1.165, 1.54) is 42.4 Å². The van der Waals surface area contributed by atoms with Crippen LogP contribution in [0.25, 0.3) is 22.2 Å². The van der Waals surface area contributed by atoms with Crippen molar-refractivity contribution in [2.45, 2.75) is 13.1 Å². The molecule has 0 atom stereocenters. The number of fused-ring (bicyclic) bond motifs is 1. The number of hydrogen-bond donors (Lipinski definition) is 0. The van der Waals surface area contributed by atoms with Gasteiger partial charge in [-0.05, 0) is 42.0 Å². The Morgan fingerprint density at radius 2 is 1.80 bits per heavy atom. The lowest BCUT2D eigenvalue weighted by Crippen LogP contribution is -2.41. The lowest BCUT2D eigenvalue weighted by atomic mass is 10.0. The average molecular weight is 575 g/mol. The molecule has 0 spiro atoms. The Kier molecular flexibility index (Phi) is 7.05. The number of nitrogens with zero attached hydrogens (tertiary/aromatic N) is 8. The van der Waals surface area contributed by atoms with Gasteiger partial charge in [0.15, 0.2) is 23.0 Å². The SMILES string of the molecule is COc1nc2c(=O)n(Cc3ncn(C)n3)c(=O)n(Cc3cc(F)c(F)c(C#N)c3)c2cc1-c1cc(C#N)ccc1Cl. The Bertz CT molecular complexity index is 2070. The summed E-state index contributed by atoms with van der Waals surface area (Å²) in [6, 6.07) is 11.5. The van der Waals surface area contributed by atoms with Gasteiger partial charge in [-0.3, -0.25) is 18.6 Å². The maximum Gasteiger partial charge on any atom is 0.332 e. The molecular weight excluding hydrogens is 558 g/mol. The first-order valence-corrected chi connectivity index (χ1v) is 12.2. The van der Waals surface area contributed by atoms with E-state index in [2.05, 4.69) is 15.1 Å². The van der Waals surface area contributed by atoms with Crippen LogP contribution in [0.15, 0.2) is 52.3 Å². The van der Waals surface area contributed by atoms with E-state index in [0.29, 0.717) is 5.56 Å². The molecule has 14 heteroatoms. The molecule has 2 aromatic carbocycles. The minimum Gasteiger partial charge on any atom is -0.481 e. The maximum atomic E-state index is 14.3. The number of benzene rings is 2. The molecule has 0 amide bonds. The van der Waals surface area contributed by atoms with Gasteiger partial charge in [0.25, 0.3) is 5.56 Å². The van der Waals surface area contributed by atoms with Crippen molar-refractivity contribution in [3.63, 3.8) is 0 Å². The van der Waals surface area contributed by atoms with Gasteiger partial charge in [-0.15, -0.1) is 0 Å². The molecule has 5 rings (SSSR count). The molecule has 0 radical (unpaired) electrons. The van der Waals surface area contributed by atoms with Crippen LogP contribution in [0.2, 0.25) is 5.02 Å². The Morgan fingerprint density at radius 1 is 1.02 bits per heavy atom. The summed E-state index contributed by atoms with van der Waals surface area (Å²) in [5.74, 6) is -2.44. The third-order valence-electron chi connectivity index (χ3n) is 6.24. The third kappa shape index (κ3) is 4.90. The van der Waals surface area contributed by atoms with Crippen molar-refractivity contribution in [2.24, 2.45) is 7.05 Å². The molecule has 3 heterocycles. The van der Waals surface area contributed by atoms with E-state index in [0.717, 1.165) is 21.3 Å². The molecule has 5 aromatic rings. The lowest BCUT2D eigenvalue weighted by Gasteiger charge is -2.17. The minimum absolute atomic E-state index is 0.0149. The minimum atomic E-state index is -1.32. The fourth-order valence-corrected chi connectivity index (χ4v) is 4.57. The van der Waals surface area contributed by atoms with Crippen LogP contribution in [0.1, 0.15) is 22.5 Å². The standard InChI is InChI=1S/C27H17ClF2N8O3/c1-36-13-33-22(35-36)12-38-26(39)24-21(37(27(38)40)11-15-5-16(10-32)23(30)20(29)7-15)8-18(25(34-24)41-2)17-6-14(9-31)3-4-19(17)28/h3-8,13H,11-12H2,1-2H3. The third-order valence-corrected chi connectivity index (χ3v) is 6.57. The van der Waals surface area contributed by atoms with Gasteiger partial charge in [0.1, 0.15) is 12.4 Å². The van der Waals surface area contributed by atoms with Crippen molar-refractivity contribution in [3.8, 4) is 29.1 Å². The van der Waals surface area contributed by atoms with Gasteiger partial charge in [-0.25, -0.2) is 23.5 Å². The number of methoxy groups -OCH3 is 1. The highest BCUT2D eigenvalue weighted by Crippen LogP contribution is 2.36. The van der Waals surface area contributed by atoms with Crippen molar-refractivity contribution in [3.05, 3.63) is 103 Å². The van der Waals surface area contributed by atoms with Gasteiger partial charge >= 0.3 is 5.69 Å². The van der Waals surface area contributed by atoms with Crippen molar-refractivity contribution in [1.82, 2.24) is 28.9 Å². The topological polar surface area (TPSA) is 144 Å². The highest BCUT2D eigenvalue weighted by atomic mass is 35.5. The van der Waals surface area contributed by atoms with Crippen molar-refractivity contribution >= 4 is 22.6 Å². The molecule has 0 fully saturated rings. The predicted octanol–water partition coefficient (Wildman–Crippen LogP) is 3.13. The zero-order valence-electron chi connectivity index (χ0n) is 21.4. The van der Waals surface area contributed by atoms with Crippen molar-refractivity contribution in [1.29, 1.82) is 10.5 Å². The van der Waals surface area contributed by atoms with Crippen molar-refractivity contribution < 1.29 is 13.5 Å². The van der Waals surface area contributed by atoms with Crippen LogP contribution in [0.3, 0.4) is 0 Å². The molecular formula is C27H17ClF2N8O3. The monoisotopic (exact) mass is 574 g/mol. The van der Waals surface area contributed by atoms with Crippen LogP contribution >= 0.6 is 11.6 Å². The highest BCUT2D eigenvalue weighted by molar-refractivity contribution is 6.33. The van der Waals surface area contributed by atoms with Crippen LogP contribution in [0.4, 0.5) is 8.78 Å². The van der Waals surface area contributed by atoms with Crippen LogP contribution < -0.4 is 16.0 Å². The number of nitriles is 2. The molecule has 0 aliphatic carbocycles. The predicted molar refractivity (Wildman–Crippen MR) is 142 cm³/mol. The van der Waals surface area contributed by atoms with Gasteiger partial charge in [0, 0.05) is 23.2 Å². The van der Waals surface area contributed by atoms with E-state index >= 15 is 0 Å². The van der Waals surface area contributed by atoms with Gasteiger partial charge in [0.05, 0.1) is 42.9 Å². The van der Waals surface area contributed by atoms with Gasteiger partial charge in [0.2, 0.25) is 5.88 Å². The normalized spacial score (nSPS) is 10.9. The molecule has 3 aromatic heterocycles. The Labute approximate surface area is 234 Å². The molecule has 0 aliphatic heterocycles. The van der Waals surface area contributed by atoms with E-state index in [-0.39, 0.29) is 57.5 Å². The quantitative estimate of drug-likeness (QED) is 0.301. The largest absolute Gasteiger partial charge is 0.481 e. The first-order valence-electron chi connectivity index (χ1n) is 11.8. The summed E-state index contributed by atoms with van der Waals surface area (Å²) >= 11 is 6.43. The fourth-order valence-electron chi connectivity index (χ4n) is 4.35. The summed E-state index contributed by atoms with van der Waals surface area (Å²) in [7, 11) is 2.95. The Morgan fingerprint density at radius 3 is 2.46 bits per heavy atom. The van der Waals surface area contributed by atoms with Crippen LogP contribution in [0, 0.1) is 34.3 Å². The number of aryl methyl sites for hydroxylation is 1. The molecule has 0 aliphatic rings. The highest BCUT2D eigenvalue weighted by Gasteiger charge is 2.22. The Hall–Kier alpha value is -5.40. The number of hydrogen-bond acceptors (Lipinski definition) is 8. The second-order valence-electron chi connectivity index (χ2n) is 8.86. The van der Waals surface area contributed by atoms with Crippen LogP contribution in [-0.2, 0) is 20.1 Å². The first kappa shape index (κ1) is 27.2. The molecule has 204 valence electrons. The second kappa shape index (κ2) is 10.6. The summed E-state index contributed by atoms with van der Waals surface area (Å²) in [6.07, 6.45) is 1.40. The number of aromatic nitrogens is 6. The fraction of sp³-hybridized carbons (Fsp3) is 0.148. The zero-order valence-corrected chi connectivity index (χ0v) is 22.1.